The third-order valence-electron chi connectivity index (χ3n) is 5.10. The fourth-order valence-corrected chi connectivity index (χ4v) is 4.62. The molecule has 0 spiro atoms. The number of esters is 1. The van der Waals surface area contributed by atoms with Crippen molar-refractivity contribution in [1.29, 1.82) is 0 Å². The van der Waals surface area contributed by atoms with E-state index >= 15 is 0 Å². The van der Waals surface area contributed by atoms with Crippen molar-refractivity contribution in [3.8, 4) is 0 Å². The van der Waals surface area contributed by atoms with Gasteiger partial charge in [-0.1, -0.05) is 30.0 Å². The number of carbonyl (C=O) groups is 2. The largest absolute Gasteiger partial charge is 0.466 e. The fourth-order valence-electron chi connectivity index (χ4n) is 3.65. The van der Waals surface area contributed by atoms with Crippen LogP contribution in [0.3, 0.4) is 0 Å². The number of thioether (sulfide) groups is 1. The van der Waals surface area contributed by atoms with Crippen LogP contribution < -0.4 is 5.32 Å². The molecule has 1 atom stereocenters. The van der Waals surface area contributed by atoms with Crippen molar-refractivity contribution in [2.24, 2.45) is 4.99 Å². The van der Waals surface area contributed by atoms with E-state index in [0.29, 0.717) is 34.2 Å². The van der Waals surface area contributed by atoms with E-state index in [-0.39, 0.29) is 12.3 Å². The molecule has 0 saturated carbocycles. The first kappa shape index (κ1) is 21.8. The molecule has 1 amide bonds. The molecule has 2 aromatic rings. The summed E-state index contributed by atoms with van der Waals surface area (Å²) in [6.45, 7) is 2.03. The van der Waals surface area contributed by atoms with Crippen molar-refractivity contribution in [2.45, 2.75) is 25.9 Å². The Morgan fingerprint density at radius 1 is 1.25 bits per heavy atom. The quantitative estimate of drug-likeness (QED) is 0.674. The number of fused-ring (bicyclic) bond motifs is 1. The number of benzene rings is 1. The third kappa shape index (κ3) is 4.43. The van der Waals surface area contributed by atoms with Crippen LogP contribution >= 0.6 is 11.8 Å². The van der Waals surface area contributed by atoms with Crippen molar-refractivity contribution in [3.05, 3.63) is 88.1 Å². The molecular formula is C23H21FN4O3S. The molecule has 1 N–H and O–H groups in total. The molecule has 0 fully saturated rings. The summed E-state index contributed by atoms with van der Waals surface area (Å²) in [4.78, 5) is 35.8. The first-order valence-electron chi connectivity index (χ1n) is 9.92. The average Bonchev–Trinajstić information content (AvgIpc) is 3.18. The van der Waals surface area contributed by atoms with E-state index in [1.165, 1.54) is 31.0 Å². The van der Waals surface area contributed by atoms with Crippen LogP contribution in [-0.4, -0.2) is 34.0 Å². The number of rotatable bonds is 6. The van der Waals surface area contributed by atoms with Crippen LogP contribution in [0.4, 0.5) is 4.39 Å². The van der Waals surface area contributed by atoms with Gasteiger partial charge in [-0.3, -0.25) is 9.78 Å². The second-order valence-electron chi connectivity index (χ2n) is 7.21. The number of amides is 1. The summed E-state index contributed by atoms with van der Waals surface area (Å²) in [5, 5.41) is 5.31. The summed E-state index contributed by atoms with van der Waals surface area (Å²) in [6.07, 6.45) is 1.73. The molecule has 0 aliphatic carbocycles. The Bertz CT molecular complexity index is 1150. The maximum absolute atomic E-state index is 14.1. The van der Waals surface area contributed by atoms with Crippen molar-refractivity contribution in [3.63, 3.8) is 0 Å². The smallest absolute Gasteiger partial charge is 0.338 e. The summed E-state index contributed by atoms with van der Waals surface area (Å²) in [5.74, 6) is -1.16. The van der Waals surface area contributed by atoms with Gasteiger partial charge in [-0.05, 0) is 42.2 Å². The number of aromatic nitrogens is 1. The van der Waals surface area contributed by atoms with Gasteiger partial charge in [-0.25, -0.2) is 14.2 Å². The predicted octanol–water partition coefficient (Wildman–Crippen LogP) is 3.68. The lowest BCUT2D eigenvalue weighted by Crippen LogP contribution is -2.38. The number of methoxy groups -OCH3 is 1. The molecular weight excluding hydrogens is 431 g/mol. The zero-order chi connectivity index (χ0) is 22.7. The van der Waals surface area contributed by atoms with Gasteiger partial charge in [-0.2, -0.15) is 0 Å². The number of pyridine rings is 1. The molecule has 9 heteroatoms. The van der Waals surface area contributed by atoms with E-state index in [1.54, 1.807) is 30.2 Å². The highest BCUT2D eigenvalue weighted by Gasteiger charge is 2.41. The number of allylic oxidation sites excluding steroid dienone is 1. The number of amidine groups is 1. The first-order valence-corrected chi connectivity index (χ1v) is 10.8. The van der Waals surface area contributed by atoms with Gasteiger partial charge in [0.05, 0.1) is 43.1 Å². The van der Waals surface area contributed by atoms with E-state index in [0.717, 1.165) is 5.69 Å². The first-order chi connectivity index (χ1) is 15.5. The Balaban J connectivity index is 1.61. The van der Waals surface area contributed by atoms with Crippen LogP contribution in [-0.2, 0) is 20.9 Å². The van der Waals surface area contributed by atoms with E-state index in [4.69, 9.17) is 4.74 Å². The zero-order valence-electron chi connectivity index (χ0n) is 17.5. The van der Waals surface area contributed by atoms with Gasteiger partial charge in [0.2, 0.25) is 5.91 Å². The molecule has 32 heavy (non-hydrogen) atoms. The van der Waals surface area contributed by atoms with Crippen molar-refractivity contribution >= 4 is 28.8 Å². The van der Waals surface area contributed by atoms with Gasteiger partial charge in [0.25, 0.3) is 0 Å². The van der Waals surface area contributed by atoms with Crippen molar-refractivity contribution in [1.82, 2.24) is 15.2 Å². The Morgan fingerprint density at radius 2 is 2.09 bits per heavy atom. The Kier molecular flexibility index (Phi) is 6.36. The van der Waals surface area contributed by atoms with E-state index < -0.39 is 17.8 Å². The van der Waals surface area contributed by atoms with E-state index in [9.17, 15) is 14.0 Å². The minimum Gasteiger partial charge on any atom is -0.466 e. The molecule has 1 unspecified atom stereocenters. The number of nitrogens with zero attached hydrogens (tertiary/aromatic N) is 3. The number of ether oxygens (including phenoxy) is 1. The Hall–Kier alpha value is -3.46. The summed E-state index contributed by atoms with van der Waals surface area (Å²) in [7, 11) is 1.30. The molecule has 1 aromatic carbocycles. The molecule has 0 radical (unpaired) electrons. The van der Waals surface area contributed by atoms with Gasteiger partial charge >= 0.3 is 5.97 Å². The highest BCUT2D eigenvalue weighted by molar-refractivity contribution is 8.16. The van der Waals surface area contributed by atoms with Gasteiger partial charge in [-0.15, -0.1) is 0 Å². The monoisotopic (exact) mass is 452 g/mol. The maximum Gasteiger partial charge on any atom is 0.338 e. The highest BCUT2D eigenvalue weighted by Crippen LogP contribution is 2.44. The summed E-state index contributed by atoms with van der Waals surface area (Å²) >= 11 is 1.36. The van der Waals surface area contributed by atoms with Crippen LogP contribution in [0.15, 0.2) is 76.0 Å². The second-order valence-corrected chi connectivity index (χ2v) is 8.05. The fraction of sp³-hybridized carbons (Fsp3) is 0.217. The normalized spacial score (nSPS) is 17.5. The minimum absolute atomic E-state index is 0.0676. The number of aliphatic imine (C=N–C) groups is 1. The maximum atomic E-state index is 14.1. The Labute approximate surface area is 189 Å². The molecule has 1 aromatic heterocycles. The summed E-state index contributed by atoms with van der Waals surface area (Å²) in [6, 6.07) is 10.9. The molecule has 3 heterocycles. The molecule has 2 aliphatic heterocycles. The number of hydrogen-bond donors (Lipinski definition) is 1. The lowest BCUT2D eigenvalue weighted by molar-refractivity contribution is -0.136. The number of hydrogen-bond acceptors (Lipinski definition) is 7. The lowest BCUT2D eigenvalue weighted by atomic mass is 9.94. The van der Waals surface area contributed by atoms with Gasteiger partial charge in [0, 0.05) is 11.9 Å². The molecule has 164 valence electrons. The average molecular weight is 453 g/mol. The molecule has 0 saturated heterocycles. The minimum atomic E-state index is -0.657. The van der Waals surface area contributed by atoms with Gasteiger partial charge < -0.3 is 15.0 Å². The topological polar surface area (TPSA) is 83.9 Å². The van der Waals surface area contributed by atoms with E-state index in [1.807, 2.05) is 23.6 Å². The molecule has 7 nitrogen and oxygen atoms in total. The molecule has 4 rings (SSSR count). The number of halogens is 1. The SMILES string of the molecule is COC(=O)C1=C(C)N=C2SC=C(CC(=O)NCc3ccccn3)N2C1c1cccc(F)c1. The van der Waals surface area contributed by atoms with Gasteiger partial charge in [0.1, 0.15) is 5.82 Å². The van der Waals surface area contributed by atoms with Crippen LogP contribution in [0.1, 0.15) is 30.6 Å². The zero-order valence-corrected chi connectivity index (χ0v) is 18.4. The van der Waals surface area contributed by atoms with E-state index in [2.05, 4.69) is 15.3 Å². The number of nitrogens with one attached hydrogen (secondary N) is 1. The summed E-state index contributed by atoms with van der Waals surface area (Å²) < 4.78 is 19.1. The lowest BCUT2D eigenvalue weighted by Gasteiger charge is -2.36. The van der Waals surface area contributed by atoms with Crippen LogP contribution in [0.2, 0.25) is 0 Å². The highest BCUT2D eigenvalue weighted by atomic mass is 32.2. The predicted molar refractivity (Wildman–Crippen MR) is 120 cm³/mol. The van der Waals surface area contributed by atoms with Crippen LogP contribution in [0.25, 0.3) is 0 Å². The second kappa shape index (κ2) is 9.35. The molecule has 0 bridgehead atoms. The van der Waals surface area contributed by atoms with Crippen LogP contribution in [0.5, 0.6) is 0 Å². The van der Waals surface area contributed by atoms with Crippen molar-refractivity contribution in [2.75, 3.05) is 7.11 Å². The van der Waals surface area contributed by atoms with Gasteiger partial charge in [0.15, 0.2) is 5.17 Å². The number of carbonyl (C=O) groups excluding carboxylic acids is 2. The van der Waals surface area contributed by atoms with Crippen molar-refractivity contribution < 1.29 is 18.7 Å². The Morgan fingerprint density at radius 3 is 2.81 bits per heavy atom. The third-order valence-corrected chi connectivity index (χ3v) is 5.99. The standard InChI is InChI=1S/C23H21FN4O3S/c1-14-20(22(30)31-2)21(15-6-5-7-16(24)10-15)28-18(13-32-23(28)27-14)11-19(29)26-12-17-8-3-4-9-25-17/h3-10,13,21H,11-12H2,1-2H3,(H,26,29). The summed E-state index contributed by atoms with van der Waals surface area (Å²) in [5.41, 5.74) is 2.79. The molecule has 2 aliphatic rings. The van der Waals surface area contributed by atoms with Crippen LogP contribution in [0, 0.1) is 5.82 Å².